The third-order valence-electron chi connectivity index (χ3n) is 7.36. The fourth-order valence-electron chi connectivity index (χ4n) is 4.99. The van der Waals surface area contributed by atoms with Gasteiger partial charge in [-0.3, -0.25) is 9.59 Å². The van der Waals surface area contributed by atoms with Crippen molar-refractivity contribution < 1.29 is 19.1 Å². The number of nitrogens with zero attached hydrogens (tertiary/aromatic N) is 1. The van der Waals surface area contributed by atoms with E-state index in [1.165, 1.54) is 0 Å². The number of carbonyl (C=O) groups is 2. The van der Waals surface area contributed by atoms with Gasteiger partial charge in [-0.1, -0.05) is 66.7 Å². The minimum absolute atomic E-state index is 0.0814. The number of carbonyl (C=O) groups excluding carboxylic acids is 2. The van der Waals surface area contributed by atoms with E-state index in [0.717, 1.165) is 59.5 Å². The molecule has 0 spiro atoms. The lowest BCUT2D eigenvalue weighted by Gasteiger charge is -2.27. The van der Waals surface area contributed by atoms with Crippen molar-refractivity contribution in [2.24, 2.45) is 5.73 Å². The summed E-state index contributed by atoms with van der Waals surface area (Å²) in [5.41, 5.74) is 12.4. The van der Waals surface area contributed by atoms with Gasteiger partial charge in [-0.2, -0.15) is 0 Å². The quantitative estimate of drug-likeness (QED) is 0.297. The first kappa shape index (κ1) is 29.1. The maximum absolute atomic E-state index is 13.4. The molecule has 8 nitrogen and oxygen atoms in total. The topological polar surface area (TPSA) is 106 Å². The highest BCUT2D eigenvalue weighted by Crippen LogP contribution is 2.29. The van der Waals surface area contributed by atoms with Gasteiger partial charge in [0.05, 0.1) is 24.5 Å². The van der Waals surface area contributed by atoms with E-state index in [-0.39, 0.29) is 30.9 Å². The maximum atomic E-state index is 13.4. The van der Waals surface area contributed by atoms with Crippen molar-refractivity contribution in [3.05, 3.63) is 107 Å². The molecule has 2 amide bonds. The van der Waals surface area contributed by atoms with Crippen LogP contribution in [0.25, 0.3) is 12.2 Å². The van der Waals surface area contributed by atoms with Gasteiger partial charge in [0.15, 0.2) is 6.29 Å². The SMILES string of the molecule is N/C(=C\Nc1ccc(CNC(=O)CCC(=O)N2Cc3ccccc3/C=C\c3ccccc32)cc1)COC1CCCCO1. The van der Waals surface area contributed by atoms with Crippen LogP contribution >= 0.6 is 0 Å². The Bertz CT molecular complexity index is 1430. The van der Waals surface area contributed by atoms with Gasteiger partial charge in [-0.15, -0.1) is 0 Å². The molecule has 0 bridgehead atoms. The molecular weight excluding hydrogens is 528 g/mol. The Morgan fingerprint density at radius 3 is 2.52 bits per heavy atom. The van der Waals surface area contributed by atoms with Crippen molar-refractivity contribution in [1.29, 1.82) is 0 Å². The Morgan fingerprint density at radius 2 is 1.71 bits per heavy atom. The Morgan fingerprint density at radius 1 is 0.952 bits per heavy atom. The molecule has 1 atom stereocenters. The van der Waals surface area contributed by atoms with Crippen LogP contribution in [0.2, 0.25) is 0 Å². The number of fused-ring (bicyclic) bond motifs is 2. The zero-order chi connectivity index (χ0) is 29.1. The van der Waals surface area contributed by atoms with Gasteiger partial charge >= 0.3 is 0 Å². The fraction of sp³-hybridized carbons (Fsp3) is 0.294. The van der Waals surface area contributed by atoms with E-state index in [2.05, 4.69) is 16.7 Å². The Balaban J connectivity index is 1.08. The molecule has 42 heavy (non-hydrogen) atoms. The number of rotatable bonds is 10. The standard InChI is InChI=1S/C34H38N4O4/c35-29(24-42-34-11-5-6-20-41-34)22-36-30-16-12-25(13-17-30)21-37-32(39)18-19-33(40)38-23-28-9-2-1-7-26(28)14-15-27-8-3-4-10-31(27)38/h1-4,7-10,12-17,22,34,36H,5-6,11,18-21,23-24,35H2,(H,37,39)/b15-14-,29-22-. The highest BCUT2D eigenvalue weighted by Gasteiger charge is 2.21. The zero-order valence-electron chi connectivity index (χ0n) is 23.8. The minimum Gasteiger partial charge on any atom is -0.399 e. The third kappa shape index (κ3) is 8.09. The molecule has 2 aliphatic rings. The van der Waals surface area contributed by atoms with E-state index >= 15 is 0 Å². The normalized spacial score (nSPS) is 17.3. The van der Waals surface area contributed by atoms with E-state index in [1.807, 2.05) is 78.9 Å². The summed E-state index contributed by atoms with van der Waals surface area (Å²) in [4.78, 5) is 27.8. The lowest BCUT2D eigenvalue weighted by atomic mass is 10.0. The van der Waals surface area contributed by atoms with Gasteiger partial charge in [-0.05, 0) is 59.7 Å². The summed E-state index contributed by atoms with van der Waals surface area (Å²) in [7, 11) is 0. The van der Waals surface area contributed by atoms with Gasteiger partial charge in [0.1, 0.15) is 0 Å². The smallest absolute Gasteiger partial charge is 0.227 e. The molecule has 1 unspecified atom stereocenters. The zero-order valence-corrected chi connectivity index (χ0v) is 23.8. The molecule has 0 aliphatic carbocycles. The molecular formula is C34H38N4O4. The lowest BCUT2D eigenvalue weighted by Crippen LogP contribution is -2.33. The van der Waals surface area contributed by atoms with Gasteiger partial charge in [0, 0.05) is 37.9 Å². The monoisotopic (exact) mass is 566 g/mol. The second kappa shape index (κ2) is 14.5. The number of nitrogens with two attached hydrogens (primary N) is 1. The van der Waals surface area contributed by atoms with Crippen molar-refractivity contribution >= 4 is 35.3 Å². The van der Waals surface area contributed by atoms with Gasteiger partial charge in [-0.25, -0.2) is 0 Å². The molecule has 2 aliphatic heterocycles. The summed E-state index contributed by atoms with van der Waals surface area (Å²) in [6.07, 6.45) is 8.99. The minimum atomic E-state index is -0.177. The summed E-state index contributed by atoms with van der Waals surface area (Å²) >= 11 is 0. The second-order valence-electron chi connectivity index (χ2n) is 10.5. The molecule has 4 N–H and O–H groups in total. The van der Waals surface area contributed by atoms with Crippen LogP contribution < -0.4 is 21.3 Å². The highest BCUT2D eigenvalue weighted by atomic mass is 16.7. The average Bonchev–Trinajstić information content (AvgIpc) is 3.02. The molecule has 0 radical (unpaired) electrons. The van der Waals surface area contributed by atoms with Crippen LogP contribution in [0.15, 0.2) is 84.7 Å². The summed E-state index contributed by atoms with van der Waals surface area (Å²) in [6.45, 7) is 1.88. The Hall–Kier alpha value is -4.40. The summed E-state index contributed by atoms with van der Waals surface area (Å²) in [6, 6.07) is 23.6. The molecule has 2 heterocycles. The van der Waals surface area contributed by atoms with Crippen molar-refractivity contribution in [1.82, 2.24) is 5.32 Å². The fourth-order valence-corrected chi connectivity index (χ4v) is 4.99. The first-order valence-electron chi connectivity index (χ1n) is 14.5. The van der Waals surface area contributed by atoms with E-state index in [1.54, 1.807) is 11.1 Å². The molecule has 0 saturated carbocycles. The first-order chi connectivity index (χ1) is 20.5. The summed E-state index contributed by atoms with van der Waals surface area (Å²) < 4.78 is 11.2. The maximum Gasteiger partial charge on any atom is 0.227 e. The number of amides is 2. The predicted octanol–water partition coefficient (Wildman–Crippen LogP) is 5.56. The van der Waals surface area contributed by atoms with Crippen molar-refractivity contribution in [2.45, 2.75) is 51.5 Å². The molecule has 5 rings (SSSR count). The van der Waals surface area contributed by atoms with E-state index in [9.17, 15) is 9.59 Å². The number of hydrogen-bond acceptors (Lipinski definition) is 6. The van der Waals surface area contributed by atoms with Crippen LogP contribution in [-0.4, -0.2) is 31.3 Å². The molecule has 1 fully saturated rings. The van der Waals surface area contributed by atoms with Gasteiger partial charge < -0.3 is 30.7 Å². The second-order valence-corrected chi connectivity index (χ2v) is 10.5. The van der Waals surface area contributed by atoms with E-state index in [0.29, 0.717) is 25.4 Å². The van der Waals surface area contributed by atoms with Gasteiger partial charge in [0.25, 0.3) is 0 Å². The number of para-hydroxylation sites is 1. The Labute approximate surface area is 247 Å². The van der Waals surface area contributed by atoms with Crippen LogP contribution in [0.3, 0.4) is 0 Å². The van der Waals surface area contributed by atoms with Crippen LogP contribution in [-0.2, 0) is 32.2 Å². The number of ether oxygens (including phenoxy) is 2. The largest absolute Gasteiger partial charge is 0.399 e. The molecule has 8 heteroatoms. The van der Waals surface area contributed by atoms with Crippen LogP contribution in [0.4, 0.5) is 11.4 Å². The highest BCUT2D eigenvalue weighted by molar-refractivity contribution is 5.98. The lowest BCUT2D eigenvalue weighted by molar-refractivity contribution is -0.157. The van der Waals surface area contributed by atoms with Crippen molar-refractivity contribution in [3.63, 3.8) is 0 Å². The van der Waals surface area contributed by atoms with Crippen LogP contribution in [0.1, 0.15) is 54.4 Å². The predicted molar refractivity (Wildman–Crippen MR) is 166 cm³/mol. The average molecular weight is 567 g/mol. The van der Waals surface area contributed by atoms with Crippen molar-refractivity contribution in [3.8, 4) is 0 Å². The molecule has 218 valence electrons. The summed E-state index contributed by atoms with van der Waals surface area (Å²) in [5.74, 6) is -0.244. The van der Waals surface area contributed by atoms with Crippen LogP contribution in [0, 0.1) is 0 Å². The van der Waals surface area contributed by atoms with Crippen LogP contribution in [0.5, 0.6) is 0 Å². The number of hydrogen-bond donors (Lipinski definition) is 3. The molecule has 1 saturated heterocycles. The van der Waals surface area contributed by atoms with E-state index in [4.69, 9.17) is 15.2 Å². The first-order valence-corrected chi connectivity index (χ1v) is 14.5. The van der Waals surface area contributed by atoms with Gasteiger partial charge in [0.2, 0.25) is 11.8 Å². The van der Waals surface area contributed by atoms with Crippen molar-refractivity contribution in [2.75, 3.05) is 23.4 Å². The number of benzene rings is 3. The number of nitrogens with one attached hydrogen (secondary N) is 2. The molecule has 3 aromatic rings. The van der Waals surface area contributed by atoms with E-state index < -0.39 is 0 Å². The third-order valence-corrected chi connectivity index (χ3v) is 7.36. The molecule has 3 aromatic carbocycles. The number of anilines is 2. The Kier molecular flexibility index (Phi) is 10.0. The summed E-state index contributed by atoms with van der Waals surface area (Å²) in [5, 5.41) is 6.10. The molecule has 0 aromatic heterocycles.